The number of hydrogen-bond acceptors (Lipinski definition) is 5. The lowest BCUT2D eigenvalue weighted by atomic mass is 10.3. The molecule has 0 spiro atoms. The van der Waals surface area contributed by atoms with Crippen LogP contribution in [0.4, 0.5) is 11.5 Å². The molecule has 5 nitrogen and oxygen atoms in total. The van der Waals surface area contributed by atoms with Gasteiger partial charge in [-0.25, -0.2) is 9.97 Å². The largest absolute Gasteiger partial charge is 0.396 e. The molecule has 16 heavy (non-hydrogen) atoms. The first-order valence-electron chi connectivity index (χ1n) is 4.61. The first-order valence-corrected chi connectivity index (χ1v) is 5.49. The zero-order valence-corrected chi connectivity index (χ0v) is 9.41. The van der Waals surface area contributed by atoms with Crippen LogP contribution in [-0.4, -0.2) is 15.9 Å². The Kier molecular flexibility index (Phi) is 2.82. The van der Waals surface area contributed by atoms with Gasteiger partial charge in [-0.1, -0.05) is 0 Å². The van der Waals surface area contributed by atoms with Crippen molar-refractivity contribution >= 4 is 28.7 Å². The van der Waals surface area contributed by atoms with Crippen LogP contribution in [0.3, 0.4) is 0 Å². The van der Waals surface area contributed by atoms with Crippen molar-refractivity contribution in [1.82, 2.24) is 9.97 Å². The van der Waals surface area contributed by atoms with Crippen LogP contribution >= 0.6 is 11.3 Å². The van der Waals surface area contributed by atoms with Crippen molar-refractivity contribution in [3.8, 4) is 0 Å². The number of hydrogen-bond donors (Lipinski definition) is 2. The molecule has 2 aromatic rings. The number of nitrogen functional groups attached to an aromatic ring is 1. The summed E-state index contributed by atoms with van der Waals surface area (Å²) in [5.74, 6) is 0.0629. The molecule has 2 rings (SSSR count). The predicted molar refractivity (Wildman–Crippen MR) is 63.5 cm³/mol. The van der Waals surface area contributed by atoms with E-state index in [1.54, 1.807) is 23.7 Å². The number of pyridine rings is 1. The van der Waals surface area contributed by atoms with E-state index in [4.69, 9.17) is 5.73 Å². The molecule has 0 saturated carbocycles. The minimum Gasteiger partial charge on any atom is -0.396 e. The summed E-state index contributed by atoms with van der Waals surface area (Å²) in [5.41, 5.74) is 6.47. The van der Waals surface area contributed by atoms with E-state index in [1.165, 1.54) is 11.3 Å². The molecule has 0 bridgehead atoms. The molecular formula is C10H10N4OS. The Balaban J connectivity index is 2.17. The minimum absolute atomic E-state index is 0.297. The second kappa shape index (κ2) is 4.28. The summed E-state index contributed by atoms with van der Waals surface area (Å²) in [6, 6.07) is 3.38. The Morgan fingerprint density at radius 3 is 3.00 bits per heavy atom. The number of thiazole rings is 1. The molecule has 1 amide bonds. The summed E-state index contributed by atoms with van der Waals surface area (Å²) in [7, 11) is 0. The highest BCUT2D eigenvalue weighted by atomic mass is 32.1. The van der Waals surface area contributed by atoms with Gasteiger partial charge in [0, 0.05) is 11.6 Å². The number of nitrogens with zero attached hydrogens (tertiary/aromatic N) is 2. The van der Waals surface area contributed by atoms with Crippen LogP contribution in [0.1, 0.15) is 15.5 Å². The molecule has 2 aromatic heterocycles. The van der Waals surface area contributed by atoms with E-state index in [0.29, 0.717) is 17.2 Å². The Hall–Kier alpha value is -1.95. The number of aromatic nitrogens is 2. The molecule has 6 heteroatoms. The number of rotatable bonds is 2. The SMILES string of the molecule is Cc1nc(C(=O)Nc2ncccc2N)cs1. The Morgan fingerprint density at radius 2 is 2.38 bits per heavy atom. The fourth-order valence-corrected chi connectivity index (χ4v) is 1.75. The number of amides is 1. The highest BCUT2D eigenvalue weighted by Gasteiger charge is 2.11. The van der Waals surface area contributed by atoms with Gasteiger partial charge in [-0.3, -0.25) is 4.79 Å². The highest BCUT2D eigenvalue weighted by molar-refractivity contribution is 7.09. The van der Waals surface area contributed by atoms with Gasteiger partial charge in [-0.2, -0.15) is 0 Å². The van der Waals surface area contributed by atoms with Gasteiger partial charge >= 0.3 is 0 Å². The van der Waals surface area contributed by atoms with Crippen molar-refractivity contribution in [1.29, 1.82) is 0 Å². The summed E-state index contributed by atoms with van der Waals surface area (Å²) >= 11 is 1.42. The molecule has 0 aliphatic carbocycles. The van der Waals surface area contributed by atoms with Crippen molar-refractivity contribution in [2.45, 2.75) is 6.92 Å². The molecule has 0 atom stereocenters. The van der Waals surface area contributed by atoms with Gasteiger partial charge in [0.1, 0.15) is 5.69 Å². The quantitative estimate of drug-likeness (QED) is 0.828. The monoisotopic (exact) mass is 234 g/mol. The summed E-state index contributed by atoms with van der Waals surface area (Å²) in [6.45, 7) is 1.84. The molecule has 0 radical (unpaired) electrons. The van der Waals surface area contributed by atoms with Crippen LogP contribution in [0.5, 0.6) is 0 Å². The Bertz CT molecular complexity index is 523. The van der Waals surface area contributed by atoms with E-state index in [1.807, 2.05) is 6.92 Å². The minimum atomic E-state index is -0.297. The average Bonchev–Trinajstić information content (AvgIpc) is 2.68. The van der Waals surface area contributed by atoms with Crippen LogP contribution in [-0.2, 0) is 0 Å². The van der Waals surface area contributed by atoms with Crippen LogP contribution in [0.2, 0.25) is 0 Å². The standard InChI is InChI=1S/C10H10N4OS/c1-6-13-8(5-16-6)10(15)14-9-7(11)3-2-4-12-9/h2-5H,11H2,1H3,(H,12,14,15). The maximum absolute atomic E-state index is 11.7. The number of nitrogens with two attached hydrogens (primary N) is 1. The van der Waals surface area contributed by atoms with Crippen LogP contribution in [0.25, 0.3) is 0 Å². The summed E-state index contributed by atoms with van der Waals surface area (Å²) in [5, 5.41) is 5.15. The van der Waals surface area contributed by atoms with Gasteiger partial charge in [-0.15, -0.1) is 11.3 Å². The van der Waals surface area contributed by atoms with E-state index in [0.717, 1.165) is 5.01 Å². The number of nitrogens with one attached hydrogen (secondary N) is 1. The third-order valence-electron chi connectivity index (χ3n) is 1.92. The lowest BCUT2D eigenvalue weighted by molar-refractivity contribution is 0.102. The van der Waals surface area contributed by atoms with E-state index >= 15 is 0 Å². The number of anilines is 2. The highest BCUT2D eigenvalue weighted by Crippen LogP contribution is 2.15. The first kappa shape index (κ1) is 10.6. The van der Waals surface area contributed by atoms with E-state index in [-0.39, 0.29) is 5.91 Å². The molecule has 0 aliphatic heterocycles. The van der Waals surface area contributed by atoms with Crippen molar-refractivity contribution in [2.24, 2.45) is 0 Å². The maximum Gasteiger partial charge on any atom is 0.276 e. The predicted octanol–water partition coefficient (Wildman–Crippen LogP) is 1.68. The van der Waals surface area contributed by atoms with Crippen molar-refractivity contribution in [2.75, 3.05) is 11.1 Å². The Morgan fingerprint density at radius 1 is 1.56 bits per heavy atom. The molecule has 2 heterocycles. The topological polar surface area (TPSA) is 80.9 Å². The van der Waals surface area contributed by atoms with Gasteiger partial charge in [-0.05, 0) is 19.1 Å². The third kappa shape index (κ3) is 2.17. The molecular weight excluding hydrogens is 224 g/mol. The summed E-state index contributed by atoms with van der Waals surface area (Å²) in [4.78, 5) is 19.8. The van der Waals surface area contributed by atoms with Gasteiger partial charge < -0.3 is 11.1 Å². The Labute approximate surface area is 96.3 Å². The van der Waals surface area contributed by atoms with Crippen molar-refractivity contribution in [3.05, 3.63) is 34.4 Å². The van der Waals surface area contributed by atoms with E-state index in [9.17, 15) is 4.79 Å². The lowest BCUT2D eigenvalue weighted by Gasteiger charge is -2.04. The molecule has 0 fully saturated rings. The van der Waals surface area contributed by atoms with Gasteiger partial charge in [0.2, 0.25) is 0 Å². The van der Waals surface area contributed by atoms with Gasteiger partial charge in [0.05, 0.1) is 10.7 Å². The van der Waals surface area contributed by atoms with Crippen LogP contribution in [0, 0.1) is 6.92 Å². The molecule has 3 N–H and O–H groups in total. The van der Waals surface area contributed by atoms with Crippen LogP contribution < -0.4 is 11.1 Å². The van der Waals surface area contributed by atoms with Crippen molar-refractivity contribution in [3.63, 3.8) is 0 Å². The molecule has 0 aromatic carbocycles. The molecule has 0 unspecified atom stereocenters. The third-order valence-corrected chi connectivity index (χ3v) is 2.70. The normalized spacial score (nSPS) is 10.1. The maximum atomic E-state index is 11.7. The second-order valence-corrected chi connectivity index (χ2v) is 4.21. The summed E-state index contributed by atoms with van der Waals surface area (Å²) in [6.07, 6.45) is 1.57. The fourth-order valence-electron chi connectivity index (χ4n) is 1.16. The van der Waals surface area contributed by atoms with Gasteiger partial charge in [0.25, 0.3) is 5.91 Å². The van der Waals surface area contributed by atoms with E-state index < -0.39 is 0 Å². The molecule has 0 aliphatic rings. The van der Waals surface area contributed by atoms with Crippen molar-refractivity contribution < 1.29 is 4.79 Å². The average molecular weight is 234 g/mol. The number of carbonyl (C=O) groups is 1. The lowest BCUT2D eigenvalue weighted by Crippen LogP contribution is -2.14. The smallest absolute Gasteiger partial charge is 0.276 e. The molecule has 82 valence electrons. The number of aryl methyl sites for hydroxylation is 1. The van der Waals surface area contributed by atoms with Gasteiger partial charge in [0.15, 0.2) is 5.82 Å². The second-order valence-electron chi connectivity index (χ2n) is 3.15. The van der Waals surface area contributed by atoms with Crippen LogP contribution in [0.15, 0.2) is 23.7 Å². The van der Waals surface area contributed by atoms with E-state index in [2.05, 4.69) is 15.3 Å². The first-order chi connectivity index (χ1) is 7.66. The zero-order chi connectivity index (χ0) is 11.5. The zero-order valence-electron chi connectivity index (χ0n) is 8.60. The fraction of sp³-hybridized carbons (Fsp3) is 0.100. The molecule has 0 saturated heterocycles. The number of carbonyl (C=O) groups excluding carboxylic acids is 1. The summed E-state index contributed by atoms with van der Waals surface area (Å²) < 4.78 is 0.